The van der Waals surface area contributed by atoms with Crippen molar-refractivity contribution in [1.82, 2.24) is 0 Å². The topological polar surface area (TPSA) is 108 Å². The Bertz CT molecular complexity index is 884. The summed E-state index contributed by atoms with van der Waals surface area (Å²) < 4.78 is 24.8. The van der Waals surface area contributed by atoms with Crippen LogP contribution in [0, 0.1) is 23.7 Å². The molecule has 3 rings (SSSR count). The zero-order valence-corrected chi connectivity index (χ0v) is 25.4. The molecule has 2 bridgehead atoms. The van der Waals surface area contributed by atoms with Gasteiger partial charge in [-0.3, -0.25) is 14.4 Å². The van der Waals surface area contributed by atoms with Gasteiger partial charge in [-0.2, -0.15) is 0 Å². The van der Waals surface area contributed by atoms with Crippen LogP contribution in [-0.4, -0.2) is 58.1 Å². The fourth-order valence-corrected chi connectivity index (χ4v) is 7.80. The van der Waals surface area contributed by atoms with Crippen LogP contribution >= 0.6 is 0 Å². The first-order valence-corrected chi connectivity index (χ1v) is 15.1. The van der Waals surface area contributed by atoms with Crippen LogP contribution in [0.4, 0.5) is 0 Å². The predicted octanol–water partition coefficient (Wildman–Crippen LogP) is 5.51. The minimum atomic E-state index is -1.38. The van der Waals surface area contributed by atoms with Gasteiger partial charge in [0.25, 0.3) is 0 Å². The van der Waals surface area contributed by atoms with Crippen LogP contribution in [0.1, 0.15) is 120 Å². The maximum absolute atomic E-state index is 12.8. The molecule has 9 unspecified atom stereocenters. The molecule has 2 saturated heterocycles. The molecule has 0 radical (unpaired) electrons. The second-order valence-corrected chi connectivity index (χ2v) is 13.3. The second-order valence-electron chi connectivity index (χ2n) is 13.3. The maximum atomic E-state index is 12.8. The highest BCUT2D eigenvalue weighted by atomic mass is 16.6. The average Bonchev–Trinajstić information content (AvgIpc) is 3.19. The molecule has 224 valence electrons. The van der Waals surface area contributed by atoms with Crippen LogP contribution in [0.25, 0.3) is 0 Å². The Morgan fingerprint density at radius 3 is 2.15 bits per heavy atom. The number of aliphatic hydroxyl groups is 1. The summed E-state index contributed by atoms with van der Waals surface area (Å²) in [6, 6.07) is 0. The van der Waals surface area contributed by atoms with Crippen molar-refractivity contribution in [2.45, 2.75) is 155 Å². The van der Waals surface area contributed by atoms with E-state index in [4.69, 9.17) is 18.9 Å². The predicted molar refractivity (Wildman–Crippen MR) is 147 cm³/mol. The molecule has 3 aliphatic rings. The molecule has 2 aliphatic heterocycles. The summed E-state index contributed by atoms with van der Waals surface area (Å²) in [4.78, 5) is 37.5. The number of esters is 3. The molecule has 3 fully saturated rings. The SMILES string of the molecule is CCCCCCC(=O)OC1CCC(C)(OC(C)=O)C2OC(CC1(C)O)C1C2C(C(C)C)CCC1(C)OC(C)=O. The Kier molecular flexibility index (Phi) is 10.2. The van der Waals surface area contributed by atoms with Crippen molar-refractivity contribution in [2.75, 3.05) is 0 Å². The van der Waals surface area contributed by atoms with E-state index >= 15 is 0 Å². The third-order valence-electron chi connectivity index (χ3n) is 9.59. The molecule has 8 heteroatoms. The van der Waals surface area contributed by atoms with E-state index in [0.717, 1.165) is 32.1 Å². The number of rotatable bonds is 9. The van der Waals surface area contributed by atoms with Gasteiger partial charge in [-0.25, -0.2) is 0 Å². The van der Waals surface area contributed by atoms with Crippen molar-refractivity contribution in [3.05, 3.63) is 0 Å². The van der Waals surface area contributed by atoms with Gasteiger partial charge in [0.1, 0.15) is 29.0 Å². The maximum Gasteiger partial charge on any atom is 0.306 e. The third kappa shape index (κ3) is 7.16. The number of unbranched alkanes of at least 4 members (excludes halogenated alkanes) is 3. The van der Waals surface area contributed by atoms with Gasteiger partial charge in [0.2, 0.25) is 0 Å². The molecule has 9 atom stereocenters. The van der Waals surface area contributed by atoms with Crippen molar-refractivity contribution < 1.29 is 38.4 Å². The second kappa shape index (κ2) is 12.5. The molecular formula is C31H52O8. The first-order chi connectivity index (χ1) is 18.1. The van der Waals surface area contributed by atoms with E-state index in [0.29, 0.717) is 31.6 Å². The van der Waals surface area contributed by atoms with Crippen molar-refractivity contribution in [2.24, 2.45) is 23.7 Å². The van der Waals surface area contributed by atoms with Gasteiger partial charge in [0, 0.05) is 38.5 Å². The lowest BCUT2D eigenvalue weighted by atomic mass is 9.57. The summed E-state index contributed by atoms with van der Waals surface area (Å²) >= 11 is 0. The van der Waals surface area contributed by atoms with Crippen LogP contribution in [0.3, 0.4) is 0 Å². The van der Waals surface area contributed by atoms with Crippen molar-refractivity contribution in [1.29, 1.82) is 0 Å². The van der Waals surface area contributed by atoms with Gasteiger partial charge >= 0.3 is 17.9 Å². The fourth-order valence-electron chi connectivity index (χ4n) is 7.80. The van der Waals surface area contributed by atoms with E-state index in [1.54, 1.807) is 6.92 Å². The van der Waals surface area contributed by atoms with Gasteiger partial charge in [-0.1, -0.05) is 40.0 Å². The minimum absolute atomic E-state index is 0.0362. The molecule has 39 heavy (non-hydrogen) atoms. The number of hydrogen-bond donors (Lipinski definition) is 1. The Morgan fingerprint density at radius 2 is 1.56 bits per heavy atom. The van der Waals surface area contributed by atoms with Crippen LogP contribution in [0.2, 0.25) is 0 Å². The van der Waals surface area contributed by atoms with E-state index in [1.807, 2.05) is 13.8 Å². The van der Waals surface area contributed by atoms with E-state index < -0.39 is 41.1 Å². The summed E-state index contributed by atoms with van der Waals surface area (Å²) in [6.07, 6.45) is 4.94. The van der Waals surface area contributed by atoms with Crippen LogP contribution in [0.5, 0.6) is 0 Å². The molecular weight excluding hydrogens is 500 g/mol. The van der Waals surface area contributed by atoms with E-state index in [2.05, 4.69) is 20.8 Å². The highest BCUT2D eigenvalue weighted by molar-refractivity contribution is 5.69. The average molecular weight is 553 g/mol. The van der Waals surface area contributed by atoms with Crippen LogP contribution in [0.15, 0.2) is 0 Å². The zero-order valence-electron chi connectivity index (χ0n) is 25.4. The Hall–Kier alpha value is -1.67. The first-order valence-electron chi connectivity index (χ1n) is 15.1. The molecule has 1 N–H and O–H groups in total. The molecule has 1 saturated carbocycles. The summed E-state index contributed by atoms with van der Waals surface area (Å²) in [5.74, 6) is -0.714. The largest absolute Gasteiger partial charge is 0.459 e. The summed E-state index contributed by atoms with van der Waals surface area (Å²) in [7, 11) is 0. The quantitative estimate of drug-likeness (QED) is 0.227. The van der Waals surface area contributed by atoms with Crippen LogP contribution < -0.4 is 0 Å². The fraction of sp³-hybridized carbons (Fsp3) is 0.903. The number of carbonyl (C=O) groups is 3. The Balaban J connectivity index is 2.01. The lowest BCUT2D eigenvalue weighted by molar-refractivity contribution is -0.185. The van der Waals surface area contributed by atoms with Crippen LogP contribution in [-0.2, 0) is 33.3 Å². The molecule has 8 nitrogen and oxygen atoms in total. The van der Waals surface area contributed by atoms with Crippen molar-refractivity contribution in [3.63, 3.8) is 0 Å². The van der Waals surface area contributed by atoms with E-state index in [9.17, 15) is 19.5 Å². The van der Waals surface area contributed by atoms with Crippen molar-refractivity contribution >= 4 is 17.9 Å². The third-order valence-corrected chi connectivity index (χ3v) is 9.59. The zero-order chi connectivity index (χ0) is 29.2. The Morgan fingerprint density at radius 1 is 0.949 bits per heavy atom. The number of carbonyl (C=O) groups excluding carboxylic acids is 3. The number of fused-ring (bicyclic) bond motifs is 5. The number of ether oxygens (including phenoxy) is 4. The summed E-state index contributed by atoms with van der Waals surface area (Å²) in [5, 5.41) is 11.8. The smallest absolute Gasteiger partial charge is 0.306 e. The Labute approximate surface area is 234 Å². The summed E-state index contributed by atoms with van der Waals surface area (Å²) in [6.45, 7) is 14.9. The molecule has 1 aliphatic carbocycles. The highest BCUT2D eigenvalue weighted by Gasteiger charge is 2.65. The van der Waals surface area contributed by atoms with Gasteiger partial charge < -0.3 is 24.1 Å². The molecule has 0 aromatic heterocycles. The molecule has 0 aromatic rings. The monoisotopic (exact) mass is 552 g/mol. The van der Waals surface area contributed by atoms with Gasteiger partial charge in [-0.05, 0) is 64.7 Å². The molecule has 0 aromatic carbocycles. The lowest BCUT2D eigenvalue weighted by Crippen LogP contribution is -2.58. The van der Waals surface area contributed by atoms with Gasteiger partial charge in [0.05, 0.1) is 6.10 Å². The van der Waals surface area contributed by atoms with E-state index in [1.165, 1.54) is 13.8 Å². The standard InChI is InChI=1S/C31H52O8/c1-9-10-11-12-13-25(34)37-24-15-17-31(8,39-21(5)33)28-26-22(19(2)3)14-16-30(7,38-20(4)32)27(26)23(36-28)18-29(24,6)35/h19,22-24,26-28,35H,9-18H2,1-8H3. The van der Waals surface area contributed by atoms with Gasteiger partial charge in [0.15, 0.2) is 0 Å². The minimum Gasteiger partial charge on any atom is -0.459 e. The first kappa shape index (κ1) is 31.9. The normalized spacial score (nSPS) is 40.2. The van der Waals surface area contributed by atoms with Crippen molar-refractivity contribution in [3.8, 4) is 0 Å². The molecule has 0 spiro atoms. The van der Waals surface area contributed by atoms with Gasteiger partial charge in [-0.15, -0.1) is 0 Å². The van der Waals surface area contributed by atoms with E-state index in [-0.39, 0.29) is 36.1 Å². The lowest BCUT2D eigenvalue weighted by Gasteiger charge is -2.51. The highest BCUT2D eigenvalue weighted by Crippen LogP contribution is 2.58. The number of hydrogen-bond acceptors (Lipinski definition) is 8. The summed E-state index contributed by atoms with van der Waals surface area (Å²) in [5.41, 5.74) is -3.18. The molecule has 2 heterocycles. The molecule has 0 amide bonds.